The van der Waals surface area contributed by atoms with Gasteiger partial charge in [-0.2, -0.15) is 0 Å². The molecule has 5 aromatic carbocycles. The number of rotatable bonds is 5. The number of para-hydroxylation sites is 4. The van der Waals surface area contributed by atoms with Crippen LogP contribution in [0.15, 0.2) is 115 Å². The maximum absolute atomic E-state index is 6.17. The molecule has 2 nitrogen and oxygen atoms in total. The summed E-state index contributed by atoms with van der Waals surface area (Å²) in [5, 5.41) is 0. The van der Waals surface area contributed by atoms with Gasteiger partial charge in [0.15, 0.2) is 11.5 Å². The zero-order valence-electron chi connectivity index (χ0n) is 22.4. The van der Waals surface area contributed by atoms with Crippen LogP contribution in [0, 0.1) is 0 Å². The van der Waals surface area contributed by atoms with E-state index in [9.17, 15) is 0 Å². The van der Waals surface area contributed by atoms with Crippen molar-refractivity contribution < 1.29 is 4.74 Å². The fourth-order valence-corrected chi connectivity index (χ4v) is 6.50. The minimum atomic E-state index is 0.0994. The van der Waals surface area contributed by atoms with Crippen molar-refractivity contribution in [2.45, 2.75) is 32.1 Å². The van der Waals surface area contributed by atoms with E-state index in [4.69, 9.17) is 4.74 Å². The van der Waals surface area contributed by atoms with Crippen molar-refractivity contribution in [1.29, 1.82) is 0 Å². The average molecular weight is 506 g/mol. The van der Waals surface area contributed by atoms with Crippen LogP contribution < -0.4 is 9.64 Å². The van der Waals surface area contributed by atoms with Crippen LogP contribution in [0.25, 0.3) is 23.3 Å². The molecule has 0 saturated heterocycles. The van der Waals surface area contributed by atoms with Crippen molar-refractivity contribution in [3.05, 3.63) is 138 Å². The Kier molecular flexibility index (Phi) is 5.63. The molecule has 0 radical (unpaired) electrons. The minimum Gasteiger partial charge on any atom is -0.453 e. The summed E-state index contributed by atoms with van der Waals surface area (Å²) in [6.45, 7) is 4.65. The highest BCUT2D eigenvalue weighted by Gasteiger charge is 2.40. The molecule has 0 saturated carbocycles. The van der Waals surface area contributed by atoms with E-state index in [0.29, 0.717) is 0 Å². The van der Waals surface area contributed by atoms with Gasteiger partial charge in [0.1, 0.15) is 0 Å². The smallest absolute Gasteiger partial charge is 0.151 e. The lowest BCUT2D eigenvalue weighted by Gasteiger charge is -2.32. The fraction of sp³-hybridized carbons (Fsp3) is 0.135. The van der Waals surface area contributed by atoms with Crippen LogP contribution in [-0.4, -0.2) is 0 Å². The molecule has 0 bridgehead atoms. The van der Waals surface area contributed by atoms with Crippen molar-refractivity contribution in [3.8, 4) is 22.6 Å². The summed E-state index contributed by atoms with van der Waals surface area (Å²) < 4.78 is 6.17. The van der Waals surface area contributed by atoms with E-state index in [-0.39, 0.29) is 5.41 Å². The summed E-state index contributed by atoms with van der Waals surface area (Å²) >= 11 is 0. The topological polar surface area (TPSA) is 12.5 Å². The van der Waals surface area contributed by atoms with E-state index < -0.39 is 0 Å². The molecular formula is C37H31NO. The van der Waals surface area contributed by atoms with Crippen LogP contribution in [0.1, 0.15) is 48.9 Å². The molecule has 0 unspecified atom stereocenters. The van der Waals surface area contributed by atoms with Gasteiger partial charge in [0, 0.05) is 11.1 Å². The number of fused-ring (bicyclic) bond motifs is 5. The monoisotopic (exact) mass is 505 g/mol. The Bertz CT molecular complexity index is 1660. The van der Waals surface area contributed by atoms with Gasteiger partial charge in [-0.1, -0.05) is 105 Å². The first kappa shape index (κ1) is 23.5. The predicted molar refractivity (Wildman–Crippen MR) is 163 cm³/mol. The van der Waals surface area contributed by atoms with Crippen LogP contribution in [0.2, 0.25) is 0 Å². The van der Waals surface area contributed by atoms with E-state index in [1.54, 1.807) is 0 Å². The Morgan fingerprint density at radius 3 is 1.85 bits per heavy atom. The van der Waals surface area contributed by atoms with Gasteiger partial charge in [0.2, 0.25) is 0 Å². The van der Waals surface area contributed by atoms with Gasteiger partial charge in [0.05, 0.1) is 11.4 Å². The number of hydrogen-bond acceptors (Lipinski definition) is 2. The summed E-state index contributed by atoms with van der Waals surface area (Å²) in [5.74, 6) is 1.74. The maximum Gasteiger partial charge on any atom is 0.151 e. The molecule has 0 atom stereocenters. The molecule has 1 heterocycles. The Balaban J connectivity index is 1.20. The van der Waals surface area contributed by atoms with Gasteiger partial charge in [-0.15, -0.1) is 0 Å². The Morgan fingerprint density at radius 2 is 1.15 bits per heavy atom. The van der Waals surface area contributed by atoms with Crippen LogP contribution in [0.4, 0.5) is 17.1 Å². The van der Waals surface area contributed by atoms with Gasteiger partial charge in [-0.3, -0.25) is 0 Å². The molecule has 0 N–H and O–H groups in total. The molecule has 39 heavy (non-hydrogen) atoms. The van der Waals surface area contributed by atoms with Gasteiger partial charge >= 0.3 is 0 Å². The highest BCUT2D eigenvalue weighted by atomic mass is 16.5. The first-order valence-corrected chi connectivity index (χ1v) is 13.9. The predicted octanol–water partition coefficient (Wildman–Crippen LogP) is 10.5. The Hall–Kier alpha value is -4.56. The molecule has 2 heteroatoms. The second kappa shape index (κ2) is 9.32. The zero-order chi connectivity index (χ0) is 26.4. The molecule has 5 aromatic rings. The summed E-state index contributed by atoms with van der Waals surface area (Å²) in [6, 6.07) is 41.1. The number of nitrogens with zero attached hydrogens (tertiary/aromatic N) is 1. The SMILES string of the molecule is CCC1(CC)c2ccccc2-c2ccc(/C=C/c3ccc(N4c5ccccc5Oc5ccccc54)cc3)cc21. The third-order valence-corrected chi connectivity index (χ3v) is 8.55. The van der Waals surface area contributed by atoms with Crippen LogP contribution in [0.3, 0.4) is 0 Å². The third-order valence-electron chi connectivity index (χ3n) is 8.55. The van der Waals surface area contributed by atoms with Crippen molar-refractivity contribution in [2.75, 3.05) is 4.90 Å². The van der Waals surface area contributed by atoms with Gasteiger partial charge in [-0.25, -0.2) is 0 Å². The molecule has 0 amide bonds. The lowest BCUT2D eigenvalue weighted by atomic mass is 9.73. The molecule has 0 spiro atoms. The van der Waals surface area contributed by atoms with E-state index in [0.717, 1.165) is 41.4 Å². The fourth-order valence-electron chi connectivity index (χ4n) is 6.50. The Morgan fingerprint density at radius 1 is 0.590 bits per heavy atom. The molecular weight excluding hydrogens is 474 g/mol. The van der Waals surface area contributed by atoms with Crippen LogP contribution >= 0.6 is 0 Å². The standard InChI is InChI=1S/C37H31NO/c1-3-37(4-2)31-12-6-5-11-29(31)30-24-21-27(25-32(30)37)18-17-26-19-22-28(23-20-26)38-33-13-7-9-15-35(33)39-36-16-10-8-14-34(36)38/h5-25H,3-4H2,1-2H3/b18-17+. The number of anilines is 3. The van der Waals surface area contributed by atoms with Crippen LogP contribution in [-0.2, 0) is 5.41 Å². The van der Waals surface area contributed by atoms with Crippen molar-refractivity contribution in [3.63, 3.8) is 0 Å². The molecule has 2 aliphatic rings. The molecule has 0 aromatic heterocycles. The van der Waals surface area contributed by atoms with Crippen molar-refractivity contribution in [2.24, 2.45) is 0 Å². The highest BCUT2D eigenvalue weighted by Crippen LogP contribution is 2.53. The van der Waals surface area contributed by atoms with Gasteiger partial charge < -0.3 is 9.64 Å². The maximum atomic E-state index is 6.17. The average Bonchev–Trinajstić information content (AvgIpc) is 3.28. The largest absolute Gasteiger partial charge is 0.453 e. The van der Waals surface area contributed by atoms with Crippen molar-refractivity contribution in [1.82, 2.24) is 0 Å². The van der Waals surface area contributed by atoms with E-state index in [2.05, 4.69) is 122 Å². The van der Waals surface area contributed by atoms with Gasteiger partial charge in [-0.05, 0) is 82.6 Å². The molecule has 7 rings (SSSR count). The lowest BCUT2D eigenvalue weighted by molar-refractivity contribution is 0.477. The second-order valence-electron chi connectivity index (χ2n) is 10.4. The molecule has 1 aliphatic heterocycles. The van der Waals surface area contributed by atoms with Crippen LogP contribution in [0.5, 0.6) is 11.5 Å². The molecule has 1 aliphatic carbocycles. The summed E-state index contributed by atoms with van der Waals surface area (Å²) in [5.41, 5.74) is 11.5. The third kappa shape index (κ3) is 3.71. The number of hydrogen-bond donors (Lipinski definition) is 0. The summed E-state index contributed by atoms with van der Waals surface area (Å²) in [7, 11) is 0. The lowest BCUT2D eigenvalue weighted by Crippen LogP contribution is -2.23. The Labute approximate surface area is 230 Å². The van der Waals surface area contributed by atoms with Crippen molar-refractivity contribution >= 4 is 29.2 Å². The van der Waals surface area contributed by atoms with Gasteiger partial charge in [0.25, 0.3) is 0 Å². The van der Waals surface area contributed by atoms with E-state index in [1.165, 1.54) is 33.4 Å². The normalized spacial score (nSPS) is 14.4. The molecule has 0 fully saturated rings. The first-order valence-electron chi connectivity index (χ1n) is 13.9. The summed E-state index contributed by atoms with van der Waals surface area (Å²) in [6.07, 6.45) is 6.67. The molecule has 190 valence electrons. The van der Waals surface area contributed by atoms with E-state index >= 15 is 0 Å². The van der Waals surface area contributed by atoms with E-state index in [1.807, 2.05) is 24.3 Å². The highest BCUT2D eigenvalue weighted by molar-refractivity contribution is 5.87. The first-order chi connectivity index (χ1) is 19.2. The zero-order valence-corrected chi connectivity index (χ0v) is 22.4. The minimum absolute atomic E-state index is 0.0994. The second-order valence-corrected chi connectivity index (χ2v) is 10.4. The number of benzene rings is 5. The summed E-state index contributed by atoms with van der Waals surface area (Å²) in [4.78, 5) is 2.27. The quantitative estimate of drug-likeness (QED) is 0.216. The number of ether oxygens (including phenoxy) is 1.